The topological polar surface area (TPSA) is 15.3 Å². The lowest BCUT2D eigenvalue weighted by atomic mass is 9.99. The van der Waals surface area contributed by atoms with Gasteiger partial charge in [-0.25, -0.2) is 0 Å². The first kappa shape index (κ1) is 7.90. The zero-order valence-electron chi connectivity index (χ0n) is 6.79. The molecule has 0 aromatic heterocycles. The highest BCUT2D eigenvalue weighted by molar-refractivity contribution is 7.77. The van der Waals surface area contributed by atoms with Gasteiger partial charge in [-0.1, -0.05) is 12.8 Å². The summed E-state index contributed by atoms with van der Waals surface area (Å²) in [5.74, 6) is 0.870. The van der Waals surface area contributed by atoms with Gasteiger partial charge in [0.1, 0.15) is 0 Å². The van der Waals surface area contributed by atoms with E-state index in [1.54, 1.807) is 0 Å². The zero-order chi connectivity index (χ0) is 7.68. The van der Waals surface area contributed by atoms with Gasteiger partial charge in [-0.2, -0.15) is 0 Å². The summed E-state index contributed by atoms with van der Waals surface area (Å²) >= 11 is 4.42. The van der Waals surface area contributed by atoms with Crippen molar-refractivity contribution in [3.63, 3.8) is 0 Å². The molecule has 2 heterocycles. The van der Waals surface area contributed by atoms with Crippen molar-refractivity contribution in [3.8, 4) is 0 Å². The van der Waals surface area contributed by atoms with Crippen molar-refractivity contribution in [3.05, 3.63) is 0 Å². The van der Waals surface area contributed by atoms with Crippen LogP contribution in [0.2, 0.25) is 0 Å². The first-order valence-corrected chi connectivity index (χ1v) is 4.93. The second-order valence-corrected chi connectivity index (χ2v) is 4.23. The molecule has 0 saturated carbocycles. The van der Waals surface area contributed by atoms with Crippen molar-refractivity contribution in [2.45, 2.75) is 25.3 Å². The third-order valence-corrected chi connectivity index (χ3v) is 3.23. The molecule has 0 aliphatic carbocycles. The monoisotopic (exact) mass is 172 g/mol. The predicted molar refractivity (Wildman–Crippen MR) is 49.7 cm³/mol. The van der Waals surface area contributed by atoms with E-state index in [9.17, 15) is 0 Å². The lowest BCUT2D eigenvalue weighted by molar-refractivity contribution is 0.389. The Hall–Kier alpha value is 0.270. The van der Waals surface area contributed by atoms with Crippen molar-refractivity contribution in [2.75, 3.05) is 19.6 Å². The Morgan fingerprint density at radius 2 is 2.27 bits per heavy atom. The summed E-state index contributed by atoms with van der Waals surface area (Å²) in [6.45, 7) is 3.56. The maximum atomic E-state index is 4.42. The Bertz CT molecular complexity index is 140. The Labute approximate surface area is 73.9 Å². The van der Waals surface area contributed by atoms with E-state index in [2.05, 4.69) is 22.4 Å². The molecule has 0 spiro atoms. The number of hydrogen-bond donors (Lipinski definition) is 2. The van der Waals surface area contributed by atoms with Crippen LogP contribution in [0.25, 0.3) is 0 Å². The lowest BCUT2D eigenvalue weighted by Crippen LogP contribution is -2.28. The highest BCUT2D eigenvalue weighted by Gasteiger charge is 2.29. The van der Waals surface area contributed by atoms with E-state index in [1.165, 1.54) is 32.4 Å². The third-order valence-electron chi connectivity index (χ3n) is 2.87. The molecule has 11 heavy (non-hydrogen) atoms. The Kier molecular flexibility index (Phi) is 2.39. The molecule has 2 fully saturated rings. The highest BCUT2D eigenvalue weighted by atomic mass is 32.1. The number of nitrogens with one attached hydrogen (secondary N) is 1. The molecule has 0 bridgehead atoms. The number of nitrogens with zero attached hydrogens (tertiary/aromatic N) is 1. The van der Waals surface area contributed by atoms with Crippen LogP contribution in [0.4, 0.5) is 0 Å². The quantitative estimate of drug-likeness (QED) is 0.528. The summed E-state index contributed by atoms with van der Waals surface area (Å²) in [5.41, 5.74) is 0. The van der Waals surface area contributed by atoms with Crippen LogP contribution in [0, 0.1) is 5.92 Å². The van der Waals surface area contributed by atoms with Crippen molar-refractivity contribution in [2.24, 2.45) is 5.92 Å². The largest absolute Gasteiger partial charge is 0.314 e. The summed E-state index contributed by atoms with van der Waals surface area (Å²) in [4.78, 5) is 0. The van der Waals surface area contributed by atoms with Crippen molar-refractivity contribution >= 4 is 12.8 Å². The second-order valence-electron chi connectivity index (χ2n) is 3.66. The second kappa shape index (κ2) is 3.33. The first-order chi connectivity index (χ1) is 5.36. The number of rotatable bonds is 0. The summed E-state index contributed by atoms with van der Waals surface area (Å²) in [7, 11) is 0. The molecule has 0 aromatic carbocycles. The van der Waals surface area contributed by atoms with E-state index in [0.717, 1.165) is 18.5 Å². The minimum atomic E-state index is 0.798. The molecule has 0 aromatic rings. The van der Waals surface area contributed by atoms with Crippen LogP contribution >= 0.6 is 12.8 Å². The lowest BCUT2D eigenvalue weighted by Gasteiger charge is -2.17. The van der Waals surface area contributed by atoms with Gasteiger partial charge < -0.3 is 5.32 Å². The smallest absolute Gasteiger partial charge is 0.0131 e. The van der Waals surface area contributed by atoms with E-state index in [1.807, 2.05) is 0 Å². The van der Waals surface area contributed by atoms with Gasteiger partial charge in [0.25, 0.3) is 0 Å². The summed E-state index contributed by atoms with van der Waals surface area (Å²) in [6.07, 6.45) is 4.00. The van der Waals surface area contributed by atoms with E-state index >= 15 is 0 Å². The summed E-state index contributed by atoms with van der Waals surface area (Å²) < 4.78 is 2.18. The van der Waals surface area contributed by atoms with E-state index in [4.69, 9.17) is 0 Å². The SMILES string of the molecule is SN1CCCC2NCCC2C1. The molecular weight excluding hydrogens is 156 g/mol. The molecule has 2 unspecified atom stereocenters. The van der Waals surface area contributed by atoms with Gasteiger partial charge in [0.15, 0.2) is 0 Å². The van der Waals surface area contributed by atoms with Gasteiger partial charge >= 0.3 is 0 Å². The molecule has 2 aliphatic heterocycles. The van der Waals surface area contributed by atoms with Gasteiger partial charge in [-0.3, -0.25) is 4.31 Å². The molecule has 2 aliphatic rings. The number of thiol groups is 1. The Balaban J connectivity index is 1.98. The summed E-state index contributed by atoms with van der Waals surface area (Å²) in [6, 6.07) is 0.798. The maximum absolute atomic E-state index is 4.42. The van der Waals surface area contributed by atoms with Gasteiger partial charge in [-0.15, -0.1) is 0 Å². The van der Waals surface area contributed by atoms with Gasteiger partial charge in [0.2, 0.25) is 0 Å². The normalized spacial score (nSPS) is 40.1. The van der Waals surface area contributed by atoms with Crippen LogP contribution in [0.3, 0.4) is 0 Å². The predicted octanol–water partition coefficient (Wildman–Crippen LogP) is 0.905. The average Bonchev–Trinajstić information content (AvgIpc) is 2.31. The highest BCUT2D eigenvalue weighted by Crippen LogP contribution is 2.24. The number of fused-ring (bicyclic) bond motifs is 1. The molecule has 3 heteroatoms. The fourth-order valence-corrected chi connectivity index (χ4v) is 2.59. The molecule has 64 valence electrons. The van der Waals surface area contributed by atoms with Gasteiger partial charge in [0, 0.05) is 19.1 Å². The maximum Gasteiger partial charge on any atom is 0.0131 e. The molecule has 2 nitrogen and oxygen atoms in total. The van der Waals surface area contributed by atoms with Crippen LogP contribution in [0.5, 0.6) is 0 Å². The van der Waals surface area contributed by atoms with E-state index in [0.29, 0.717) is 0 Å². The average molecular weight is 172 g/mol. The molecule has 0 radical (unpaired) electrons. The molecule has 2 atom stereocenters. The third kappa shape index (κ3) is 1.71. The van der Waals surface area contributed by atoms with Gasteiger partial charge in [0.05, 0.1) is 0 Å². The van der Waals surface area contributed by atoms with E-state index in [-0.39, 0.29) is 0 Å². The summed E-state index contributed by atoms with van der Waals surface area (Å²) in [5, 5.41) is 3.56. The molecular formula is C8H16N2S. The Morgan fingerprint density at radius 3 is 3.18 bits per heavy atom. The van der Waals surface area contributed by atoms with Crippen LogP contribution in [-0.4, -0.2) is 30.0 Å². The Morgan fingerprint density at radius 1 is 1.36 bits per heavy atom. The van der Waals surface area contributed by atoms with Crippen LogP contribution in [-0.2, 0) is 0 Å². The molecule has 0 amide bonds. The minimum Gasteiger partial charge on any atom is -0.314 e. The van der Waals surface area contributed by atoms with Crippen molar-refractivity contribution in [1.82, 2.24) is 9.62 Å². The van der Waals surface area contributed by atoms with Gasteiger partial charge in [-0.05, 0) is 31.7 Å². The van der Waals surface area contributed by atoms with Crippen molar-refractivity contribution < 1.29 is 0 Å². The van der Waals surface area contributed by atoms with Crippen LogP contribution < -0.4 is 5.32 Å². The number of hydrogen-bond acceptors (Lipinski definition) is 3. The van der Waals surface area contributed by atoms with E-state index < -0.39 is 0 Å². The molecule has 2 saturated heterocycles. The molecule has 1 N–H and O–H groups in total. The minimum absolute atomic E-state index is 0.798. The molecule has 2 rings (SSSR count). The van der Waals surface area contributed by atoms with Crippen molar-refractivity contribution in [1.29, 1.82) is 0 Å². The standard InChI is InChI=1S/C8H16N2S/c11-10-5-1-2-8-7(6-10)3-4-9-8/h7-9,11H,1-6H2. The van der Waals surface area contributed by atoms with Crippen LogP contribution in [0.15, 0.2) is 0 Å². The first-order valence-electron chi connectivity index (χ1n) is 4.53. The van der Waals surface area contributed by atoms with Crippen LogP contribution in [0.1, 0.15) is 19.3 Å². The fraction of sp³-hybridized carbons (Fsp3) is 1.00. The zero-order valence-corrected chi connectivity index (χ0v) is 7.69. The fourth-order valence-electron chi connectivity index (χ4n) is 2.23.